The molecule has 1 fully saturated rings. The first-order chi connectivity index (χ1) is 14.0. The molecule has 2 aromatic rings. The van der Waals surface area contributed by atoms with Gasteiger partial charge in [0.05, 0.1) is 20.8 Å². The molecular weight excluding hydrogens is 372 g/mol. The Morgan fingerprint density at radius 2 is 1.52 bits per heavy atom. The second kappa shape index (κ2) is 9.23. The highest BCUT2D eigenvalue weighted by Crippen LogP contribution is 2.23. The molecule has 7 heteroatoms. The van der Waals surface area contributed by atoms with Gasteiger partial charge in [0.2, 0.25) is 17.7 Å². The van der Waals surface area contributed by atoms with Crippen molar-refractivity contribution in [2.45, 2.75) is 32.2 Å². The van der Waals surface area contributed by atoms with Crippen molar-refractivity contribution in [1.82, 2.24) is 4.90 Å². The Bertz CT molecular complexity index is 870. The highest BCUT2D eigenvalue weighted by molar-refractivity contribution is 6.01. The van der Waals surface area contributed by atoms with Crippen LogP contribution in [0.3, 0.4) is 0 Å². The van der Waals surface area contributed by atoms with Crippen molar-refractivity contribution in [3.05, 3.63) is 53.6 Å². The number of carbonyl (C=O) groups is 3. The number of imide groups is 1. The van der Waals surface area contributed by atoms with Crippen molar-refractivity contribution in [2.75, 3.05) is 19.5 Å². The standard InChI is InChI=1S/C22H24N2O5/c1-28-18-11-16(12-19(13-18)29-2)5-8-20(25)23-17-6-3-15(4-7-17)14-24-21(26)9-10-22(24)27/h3-4,6-7,11-13H,5,8-10,14H2,1-2H3,(H,23,25). The number of likely N-dealkylation sites (tertiary alicyclic amines) is 1. The summed E-state index contributed by atoms with van der Waals surface area (Å²) in [4.78, 5) is 37.0. The zero-order valence-corrected chi connectivity index (χ0v) is 16.6. The number of rotatable bonds is 8. The van der Waals surface area contributed by atoms with Gasteiger partial charge in [-0.2, -0.15) is 0 Å². The van der Waals surface area contributed by atoms with Crippen molar-refractivity contribution in [3.63, 3.8) is 0 Å². The van der Waals surface area contributed by atoms with E-state index in [0.717, 1.165) is 11.1 Å². The summed E-state index contributed by atoms with van der Waals surface area (Å²) in [6.45, 7) is 0.267. The van der Waals surface area contributed by atoms with Gasteiger partial charge in [-0.3, -0.25) is 19.3 Å². The molecule has 0 spiro atoms. The fourth-order valence-corrected chi connectivity index (χ4v) is 3.17. The van der Waals surface area contributed by atoms with Gasteiger partial charge in [0, 0.05) is 31.0 Å². The summed E-state index contributed by atoms with van der Waals surface area (Å²) >= 11 is 0. The summed E-state index contributed by atoms with van der Waals surface area (Å²) in [6, 6.07) is 12.7. The maximum absolute atomic E-state index is 12.3. The topological polar surface area (TPSA) is 84.9 Å². The number of benzene rings is 2. The Morgan fingerprint density at radius 3 is 2.07 bits per heavy atom. The highest BCUT2D eigenvalue weighted by atomic mass is 16.5. The fraction of sp³-hybridized carbons (Fsp3) is 0.318. The van der Waals surface area contributed by atoms with Gasteiger partial charge in [-0.05, 0) is 41.8 Å². The zero-order chi connectivity index (χ0) is 20.8. The summed E-state index contributed by atoms with van der Waals surface area (Å²) in [7, 11) is 3.18. The lowest BCUT2D eigenvalue weighted by Gasteiger charge is -2.14. The first-order valence-electron chi connectivity index (χ1n) is 9.42. The molecule has 29 heavy (non-hydrogen) atoms. The zero-order valence-electron chi connectivity index (χ0n) is 16.6. The van der Waals surface area contributed by atoms with E-state index in [9.17, 15) is 14.4 Å². The number of hydrogen-bond donors (Lipinski definition) is 1. The van der Waals surface area contributed by atoms with Gasteiger partial charge in [-0.15, -0.1) is 0 Å². The van der Waals surface area contributed by atoms with E-state index >= 15 is 0 Å². The summed E-state index contributed by atoms with van der Waals surface area (Å²) < 4.78 is 10.5. The van der Waals surface area contributed by atoms with Crippen molar-refractivity contribution in [3.8, 4) is 11.5 Å². The summed E-state index contributed by atoms with van der Waals surface area (Å²) in [5.74, 6) is 0.989. The molecule has 2 aromatic carbocycles. The summed E-state index contributed by atoms with van der Waals surface area (Å²) in [5, 5.41) is 2.86. The van der Waals surface area contributed by atoms with Gasteiger partial charge < -0.3 is 14.8 Å². The molecule has 7 nitrogen and oxygen atoms in total. The van der Waals surface area contributed by atoms with Crippen molar-refractivity contribution >= 4 is 23.4 Å². The van der Waals surface area contributed by atoms with Gasteiger partial charge in [-0.1, -0.05) is 12.1 Å². The number of nitrogens with one attached hydrogen (secondary N) is 1. The number of carbonyl (C=O) groups excluding carboxylic acids is 3. The molecule has 0 saturated carbocycles. The van der Waals surface area contributed by atoms with E-state index in [2.05, 4.69) is 5.32 Å². The van der Waals surface area contributed by atoms with E-state index in [1.807, 2.05) is 12.1 Å². The highest BCUT2D eigenvalue weighted by Gasteiger charge is 2.28. The quantitative estimate of drug-likeness (QED) is 0.694. The molecule has 152 valence electrons. The Kier molecular flexibility index (Phi) is 6.49. The Hall–Kier alpha value is -3.35. The lowest BCUT2D eigenvalue weighted by Crippen LogP contribution is -2.28. The molecule has 0 unspecified atom stereocenters. The Labute approximate surface area is 169 Å². The third-order valence-electron chi connectivity index (χ3n) is 4.79. The molecular formula is C22H24N2O5. The number of anilines is 1. The molecule has 0 aromatic heterocycles. The van der Waals surface area contributed by atoms with Crippen LogP contribution in [0.1, 0.15) is 30.4 Å². The molecule has 1 saturated heterocycles. The predicted octanol–water partition coefficient (Wildman–Crippen LogP) is 2.92. The van der Waals surface area contributed by atoms with Crippen LogP contribution in [0, 0.1) is 0 Å². The van der Waals surface area contributed by atoms with E-state index in [1.165, 1.54) is 4.90 Å². The number of nitrogens with zero attached hydrogens (tertiary/aromatic N) is 1. The fourth-order valence-electron chi connectivity index (χ4n) is 3.17. The number of ether oxygens (including phenoxy) is 2. The maximum Gasteiger partial charge on any atom is 0.229 e. The van der Waals surface area contributed by atoms with Crippen LogP contribution in [0.4, 0.5) is 5.69 Å². The average Bonchev–Trinajstić information content (AvgIpc) is 3.05. The van der Waals surface area contributed by atoms with Crippen LogP contribution < -0.4 is 14.8 Å². The largest absolute Gasteiger partial charge is 0.497 e. The minimum absolute atomic E-state index is 0.107. The van der Waals surface area contributed by atoms with Crippen LogP contribution >= 0.6 is 0 Å². The molecule has 1 aliphatic rings. The molecule has 0 atom stereocenters. The second-order valence-electron chi connectivity index (χ2n) is 6.84. The smallest absolute Gasteiger partial charge is 0.229 e. The maximum atomic E-state index is 12.3. The molecule has 0 aliphatic carbocycles. The Morgan fingerprint density at radius 1 is 0.931 bits per heavy atom. The minimum atomic E-state index is -0.137. The normalized spacial score (nSPS) is 13.5. The van der Waals surface area contributed by atoms with Crippen molar-refractivity contribution < 1.29 is 23.9 Å². The van der Waals surface area contributed by atoms with Crippen LogP contribution in [0.2, 0.25) is 0 Å². The molecule has 3 rings (SSSR count). The molecule has 3 amide bonds. The number of aryl methyl sites for hydroxylation is 1. The van der Waals surface area contributed by atoms with Gasteiger partial charge in [0.15, 0.2) is 0 Å². The summed E-state index contributed by atoms with van der Waals surface area (Å²) in [5.41, 5.74) is 2.46. The summed E-state index contributed by atoms with van der Waals surface area (Å²) in [6.07, 6.45) is 1.43. The number of methoxy groups -OCH3 is 2. The molecule has 1 aliphatic heterocycles. The van der Waals surface area contributed by atoms with E-state index < -0.39 is 0 Å². The van der Waals surface area contributed by atoms with Gasteiger partial charge >= 0.3 is 0 Å². The number of hydrogen-bond acceptors (Lipinski definition) is 5. The van der Waals surface area contributed by atoms with Crippen LogP contribution in [-0.2, 0) is 27.3 Å². The van der Waals surface area contributed by atoms with E-state index in [-0.39, 0.29) is 37.1 Å². The second-order valence-corrected chi connectivity index (χ2v) is 6.84. The molecule has 1 heterocycles. The lowest BCUT2D eigenvalue weighted by atomic mass is 10.1. The van der Waals surface area contributed by atoms with E-state index in [0.29, 0.717) is 30.0 Å². The monoisotopic (exact) mass is 396 g/mol. The van der Waals surface area contributed by atoms with Crippen LogP contribution in [0.5, 0.6) is 11.5 Å². The predicted molar refractivity (Wildman–Crippen MR) is 108 cm³/mol. The molecule has 1 N–H and O–H groups in total. The van der Waals surface area contributed by atoms with Gasteiger partial charge in [-0.25, -0.2) is 0 Å². The third kappa shape index (κ3) is 5.34. The van der Waals surface area contributed by atoms with Gasteiger partial charge in [0.1, 0.15) is 11.5 Å². The average molecular weight is 396 g/mol. The van der Waals surface area contributed by atoms with Crippen molar-refractivity contribution in [2.24, 2.45) is 0 Å². The minimum Gasteiger partial charge on any atom is -0.497 e. The number of amides is 3. The van der Waals surface area contributed by atoms with Crippen LogP contribution in [0.15, 0.2) is 42.5 Å². The van der Waals surface area contributed by atoms with Crippen LogP contribution in [0.25, 0.3) is 0 Å². The lowest BCUT2D eigenvalue weighted by molar-refractivity contribution is -0.139. The molecule has 0 radical (unpaired) electrons. The van der Waals surface area contributed by atoms with Crippen molar-refractivity contribution in [1.29, 1.82) is 0 Å². The van der Waals surface area contributed by atoms with Crippen LogP contribution in [-0.4, -0.2) is 36.8 Å². The Balaban J connectivity index is 1.53. The van der Waals surface area contributed by atoms with Gasteiger partial charge in [0.25, 0.3) is 0 Å². The molecule has 0 bridgehead atoms. The first kappa shape index (κ1) is 20.4. The SMILES string of the molecule is COc1cc(CCC(=O)Nc2ccc(CN3C(=O)CCC3=O)cc2)cc(OC)c1. The third-order valence-corrected chi connectivity index (χ3v) is 4.79. The van der Waals surface area contributed by atoms with E-state index in [1.54, 1.807) is 44.6 Å². The van der Waals surface area contributed by atoms with E-state index in [4.69, 9.17) is 9.47 Å². The first-order valence-corrected chi connectivity index (χ1v) is 9.42.